The lowest BCUT2D eigenvalue weighted by molar-refractivity contribution is -0.0512. The van der Waals surface area contributed by atoms with Gasteiger partial charge in [0.25, 0.3) is 0 Å². The number of rotatable bonds is 6. The second kappa shape index (κ2) is 8.04. The van der Waals surface area contributed by atoms with Crippen molar-refractivity contribution in [1.82, 2.24) is 4.98 Å². The third-order valence-electron chi connectivity index (χ3n) is 4.22. The molecule has 0 aliphatic rings. The fourth-order valence-corrected chi connectivity index (χ4v) is 2.92. The van der Waals surface area contributed by atoms with E-state index >= 15 is 0 Å². The predicted octanol–water partition coefficient (Wildman–Crippen LogP) is 5.02. The van der Waals surface area contributed by atoms with Crippen LogP contribution in [0.5, 0.6) is 11.5 Å². The molecule has 0 radical (unpaired) electrons. The van der Waals surface area contributed by atoms with E-state index < -0.39 is 12.6 Å². The van der Waals surface area contributed by atoms with Crippen molar-refractivity contribution in [2.75, 3.05) is 7.11 Å². The highest BCUT2D eigenvalue weighted by atomic mass is 19.3. The van der Waals surface area contributed by atoms with Gasteiger partial charge < -0.3 is 14.6 Å². The summed E-state index contributed by atoms with van der Waals surface area (Å²) >= 11 is 0. The summed E-state index contributed by atoms with van der Waals surface area (Å²) in [5.74, 6) is -0.942. The number of hydrogen-bond acceptors (Lipinski definition) is 4. The number of aromatic nitrogens is 1. The van der Waals surface area contributed by atoms with Crippen molar-refractivity contribution < 1.29 is 28.2 Å². The van der Waals surface area contributed by atoms with Crippen LogP contribution in [0.1, 0.15) is 27.2 Å². The Balaban J connectivity index is 2.04. The number of para-hydroxylation sites is 1. The van der Waals surface area contributed by atoms with Crippen LogP contribution in [-0.2, 0) is 0 Å². The average molecular weight is 385 g/mol. The Morgan fingerprint density at radius 1 is 1.14 bits per heavy atom. The molecule has 2 aromatic carbocycles. The van der Waals surface area contributed by atoms with Crippen LogP contribution in [0, 0.1) is 6.92 Å². The highest BCUT2D eigenvalue weighted by Gasteiger charge is 2.16. The molecule has 1 heterocycles. The summed E-state index contributed by atoms with van der Waals surface area (Å²) in [5.41, 5.74) is 2.30. The fraction of sp³-hybridized carbons (Fsp3) is 0.143. The van der Waals surface area contributed by atoms with Crippen LogP contribution in [-0.4, -0.2) is 29.8 Å². The molecule has 0 atom stereocenters. The monoisotopic (exact) mass is 385 g/mol. The minimum absolute atomic E-state index is 0.0888. The van der Waals surface area contributed by atoms with Gasteiger partial charge >= 0.3 is 12.6 Å². The number of pyridine rings is 1. The molecular weight excluding hydrogens is 368 g/mol. The van der Waals surface area contributed by atoms with E-state index in [0.717, 1.165) is 0 Å². The number of carboxylic acids is 1. The Morgan fingerprint density at radius 3 is 2.57 bits per heavy atom. The van der Waals surface area contributed by atoms with E-state index in [9.17, 15) is 18.7 Å². The van der Waals surface area contributed by atoms with Gasteiger partial charge in [-0.15, -0.1) is 0 Å². The molecule has 5 nitrogen and oxygen atoms in total. The quantitative estimate of drug-likeness (QED) is 0.645. The molecule has 0 aliphatic heterocycles. The molecule has 28 heavy (non-hydrogen) atoms. The van der Waals surface area contributed by atoms with Gasteiger partial charge in [0, 0.05) is 5.39 Å². The third kappa shape index (κ3) is 3.93. The maximum Gasteiger partial charge on any atom is 0.387 e. The van der Waals surface area contributed by atoms with E-state index in [1.54, 1.807) is 49.4 Å². The molecule has 1 aromatic heterocycles. The molecule has 0 bridgehead atoms. The van der Waals surface area contributed by atoms with Gasteiger partial charge in [-0.25, -0.2) is 9.78 Å². The van der Waals surface area contributed by atoms with E-state index in [-0.39, 0.29) is 17.1 Å². The van der Waals surface area contributed by atoms with Crippen molar-refractivity contribution in [2.45, 2.75) is 13.5 Å². The van der Waals surface area contributed by atoms with Gasteiger partial charge in [0.1, 0.15) is 0 Å². The lowest BCUT2D eigenvalue weighted by atomic mass is 10.0. The first-order valence-corrected chi connectivity index (χ1v) is 8.34. The van der Waals surface area contributed by atoms with Gasteiger partial charge in [0.05, 0.1) is 23.9 Å². The van der Waals surface area contributed by atoms with Gasteiger partial charge in [0.15, 0.2) is 11.5 Å². The van der Waals surface area contributed by atoms with Crippen molar-refractivity contribution in [2.24, 2.45) is 0 Å². The number of carbonyl (C=O) groups is 1. The maximum absolute atomic E-state index is 12.6. The van der Waals surface area contributed by atoms with Crippen LogP contribution in [0.3, 0.4) is 0 Å². The highest BCUT2D eigenvalue weighted by Crippen LogP contribution is 2.30. The number of alkyl halides is 2. The summed E-state index contributed by atoms with van der Waals surface area (Å²) in [5, 5.41) is 10.2. The molecule has 0 fully saturated rings. The lowest BCUT2D eigenvalue weighted by Gasteiger charge is -2.11. The van der Waals surface area contributed by atoms with Crippen molar-refractivity contribution in [3.05, 3.63) is 64.8 Å². The van der Waals surface area contributed by atoms with Gasteiger partial charge in [0.2, 0.25) is 0 Å². The number of aromatic carboxylic acids is 1. The largest absolute Gasteiger partial charge is 0.493 e. The van der Waals surface area contributed by atoms with Gasteiger partial charge in [-0.3, -0.25) is 0 Å². The molecule has 0 saturated carbocycles. The van der Waals surface area contributed by atoms with Crippen LogP contribution in [0.15, 0.2) is 42.5 Å². The van der Waals surface area contributed by atoms with E-state index in [4.69, 9.17) is 4.74 Å². The normalized spacial score (nSPS) is 11.3. The van der Waals surface area contributed by atoms with Crippen molar-refractivity contribution in [3.8, 4) is 11.5 Å². The second-order valence-electron chi connectivity index (χ2n) is 5.94. The molecule has 0 saturated heterocycles. The summed E-state index contributed by atoms with van der Waals surface area (Å²) in [7, 11) is 1.36. The predicted molar refractivity (Wildman–Crippen MR) is 102 cm³/mol. The smallest absolute Gasteiger partial charge is 0.387 e. The number of ether oxygens (including phenoxy) is 2. The van der Waals surface area contributed by atoms with Gasteiger partial charge in [-0.05, 0) is 42.3 Å². The van der Waals surface area contributed by atoms with E-state index in [1.807, 2.05) is 0 Å². The Labute approximate surface area is 159 Å². The summed E-state index contributed by atoms with van der Waals surface area (Å²) < 4.78 is 34.6. The zero-order valence-electron chi connectivity index (χ0n) is 15.1. The minimum atomic E-state index is -2.98. The number of halogens is 2. The molecule has 0 spiro atoms. The summed E-state index contributed by atoms with van der Waals surface area (Å²) in [6, 6.07) is 11.6. The van der Waals surface area contributed by atoms with Gasteiger partial charge in [-0.1, -0.05) is 30.3 Å². The van der Waals surface area contributed by atoms with Crippen LogP contribution >= 0.6 is 0 Å². The molecule has 0 amide bonds. The number of methoxy groups -OCH3 is 1. The lowest BCUT2D eigenvalue weighted by Crippen LogP contribution is -2.04. The fourth-order valence-electron chi connectivity index (χ4n) is 2.92. The third-order valence-corrected chi connectivity index (χ3v) is 4.22. The Morgan fingerprint density at radius 2 is 1.89 bits per heavy atom. The van der Waals surface area contributed by atoms with E-state index in [0.29, 0.717) is 27.7 Å². The molecule has 7 heteroatoms. The standard InChI is InChI=1S/C21H17F2NO4/c1-12-15(24-16-6-4-3-5-14(16)19(12)20(25)26)9-7-13-8-10-17(27-2)18(11-13)28-21(22)23/h3-11,21H,1-2H3,(H,25,26). The number of benzene rings is 2. The first kappa shape index (κ1) is 19.3. The van der Waals surface area contributed by atoms with Crippen LogP contribution in [0.4, 0.5) is 8.78 Å². The molecule has 3 aromatic rings. The first-order chi connectivity index (χ1) is 13.4. The van der Waals surface area contributed by atoms with Crippen LogP contribution < -0.4 is 9.47 Å². The van der Waals surface area contributed by atoms with Crippen molar-refractivity contribution in [3.63, 3.8) is 0 Å². The summed E-state index contributed by atoms with van der Waals surface area (Å²) in [6.45, 7) is -1.29. The zero-order valence-corrected chi connectivity index (χ0v) is 15.1. The SMILES string of the molecule is COc1ccc(C=Cc2nc3ccccc3c(C(=O)O)c2C)cc1OC(F)F. The molecule has 3 rings (SSSR count). The number of nitrogens with zero attached hydrogens (tertiary/aromatic N) is 1. The number of carboxylic acid groups (broad SMARTS) is 1. The van der Waals surface area contributed by atoms with Crippen LogP contribution in [0.2, 0.25) is 0 Å². The Bertz CT molecular complexity index is 1060. The molecule has 144 valence electrons. The Hall–Kier alpha value is -3.48. The van der Waals surface area contributed by atoms with Gasteiger partial charge in [-0.2, -0.15) is 8.78 Å². The maximum atomic E-state index is 12.6. The molecule has 0 unspecified atom stereocenters. The molecular formula is C21H17F2NO4. The molecule has 0 aliphatic carbocycles. The summed E-state index contributed by atoms with van der Waals surface area (Å²) in [4.78, 5) is 16.2. The van der Waals surface area contributed by atoms with E-state index in [1.165, 1.54) is 19.2 Å². The minimum Gasteiger partial charge on any atom is -0.493 e. The van der Waals surface area contributed by atoms with E-state index in [2.05, 4.69) is 9.72 Å². The molecule has 1 N–H and O–H groups in total. The summed E-state index contributed by atoms with van der Waals surface area (Å²) in [6.07, 6.45) is 3.29. The number of hydrogen-bond donors (Lipinski definition) is 1. The Kier molecular flexibility index (Phi) is 5.54. The van der Waals surface area contributed by atoms with Crippen molar-refractivity contribution in [1.29, 1.82) is 0 Å². The zero-order chi connectivity index (χ0) is 20.3. The average Bonchev–Trinajstić information content (AvgIpc) is 2.65. The highest BCUT2D eigenvalue weighted by molar-refractivity contribution is 6.04. The first-order valence-electron chi connectivity index (χ1n) is 8.34. The topological polar surface area (TPSA) is 68.7 Å². The number of fused-ring (bicyclic) bond motifs is 1. The second-order valence-corrected chi connectivity index (χ2v) is 5.94. The van der Waals surface area contributed by atoms with Crippen LogP contribution in [0.25, 0.3) is 23.1 Å². The van der Waals surface area contributed by atoms with Crippen molar-refractivity contribution >= 4 is 29.0 Å².